The molecular formula is C8H10N2O. The number of aromatic nitrogens is 2. The van der Waals surface area contributed by atoms with Crippen molar-refractivity contribution in [3.63, 3.8) is 0 Å². The van der Waals surface area contributed by atoms with E-state index in [9.17, 15) is 5.11 Å². The van der Waals surface area contributed by atoms with E-state index >= 15 is 0 Å². The lowest BCUT2D eigenvalue weighted by Crippen LogP contribution is -2.12. The first-order valence-electron chi connectivity index (χ1n) is 3.86. The van der Waals surface area contributed by atoms with Crippen LogP contribution in [0.5, 0.6) is 0 Å². The highest BCUT2D eigenvalue weighted by molar-refractivity contribution is 5.16. The van der Waals surface area contributed by atoms with Crippen LogP contribution in [-0.4, -0.2) is 15.1 Å². The van der Waals surface area contributed by atoms with Crippen molar-refractivity contribution in [1.82, 2.24) is 9.97 Å². The molecular weight excluding hydrogens is 140 g/mol. The van der Waals surface area contributed by atoms with E-state index in [0.717, 1.165) is 30.7 Å². The van der Waals surface area contributed by atoms with E-state index in [-0.39, 0.29) is 6.10 Å². The molecule has 1 aliphatic rings. The number of hydrogen-bond donors (Lipinski definition) is 1. The average Bonchev–Trinajstić information content (AvgIpc) is 2.06. The van der Waals surface area contributed by atoms with Crippen LogP contribution in [0.25, 0.3) is 0 Å². The van der Waals surface area contributed by atoms with Gasteiger partial charge in [0, 0.05) is 12.4 Å². The zero-order valence-electron chi connectivity index (χ0n) is 6.20. The van der Waals surface area contributed by atoms with Crippen LogP contribution in [0.4, 0.5) is 0 Å². The van der Waals surface area contributed by atoms with Gasteiger partial charge in [0.1, 0.15) is 0 Å². The van der Waals surface area contributed by atoms with Gasteiger partial charge in [-0.05, 0) is 19.3 Å². The predicted octanol–water partition coefficient (Wildman–Crippen LogP) is 0.846. The molecule has 1 heterocycles. The number of fused-ring (bicyclic) bond motifs is 1. The van der Waals surface area contributed by atoms with Crippen molar-refractivity contribution in [3.8, 4) is 0 Å². The van der Waals surface area contributed by atoms with E-state index in [1.165, 1.54) is 0 Å². The van der Waals surface area contributed by atoms with Gasteiger partial charge in [0.15, 0.2) is 0 Å². The third-order valence-corrected chi connectivity index (χ3v) is 2.01. The Morgan fingerprint density at radius 2 is 2.18 bits per heavy atom. The maximum Gasteiger partial charge on any atom is 0.0978 e. The third-order valence-electron chi connectivity index (χ3n) is 2.01. The highest BCUT2D eigenvalue weighted by atomic mass is 16.3. The Hall–Kier alpha value is -0.960. The van der Waals surface area contributed by atoms with Crippen LogP contribution in [0.15, 0.2) is 12.4 Å². The summed E-state index contributed by atoms with van der Waals surface area (Å²) in [5.74, 6) is 0. The lowest BCUT2D eigenvalue weighted by Gasteiger charge is -2.17. The Labute approximate surface area is 65.1 Å². The van der Waals surface area contributed by atoms with E-state index in [4.69, 9.17) is 0 Å². The SMILES string of the molecule is OC1CCCc2nccnc21. The third kappa shape index (κ3) is 1.12. The van der Waals surface area contributed by atoms with Gasteiger partial charge in [0.25, 0.3) is 0 Å². The summed E-state index contributed by atoms with van der Waals surface area (Å²) in [7, 11) is 0. The molecule has 0 bridgehead atoms. The van der Waals surface area contributed by atoms with E-state index in [1.54, 1.807) is 12.4 Å². The second kappa shape index (κ2) is 2.58. The molecule has 0 saturated carbocycles. The number of aryl methyl sites for hydroxylation is 1. The number of rotatable bonds is 0. The smallest absolute Gasteiger partial charge is 0.0978 e. The normalized spacial score (nSPS) is 22.8. The Bertz CT molecular complexity index is 262. The van der Waals surface area contributed by atoms with E-state index in [1.807, 2.05) is 0 Å². The van der Waals surface area contributed by atoms with Crippen molar-refractivity contribution in [2.45, 2.75) is 25.4 Å². The lowest BCUT2D eigenvalue weighted by molar-refractivity contribution is 0.150. The summed E-state index contributed by atoms with van der Waals surface area (Å²) in [6.45, 7) is 0. The number of aliphatic hydroxyl groups excluding tert-OH is 1. The zero-order valence-corrected chi connectivity index (χ0v) is 6.20. The van der Waals surface area contributed by atoms with Gasteiger partial charge in [-0.1, -0.05) is 0 Å². The number of aliphatic hydroxyl groups is 1. The van der Waals surface area contributed by atoms with Gasteiger partial charge in [-0.25, -0.2) is 0 Å². The zero-order chi connectivity index (χ0) is 7.68. The van der Waals surface area contributed by atoms with Crippen LogP contribution in [0.3, 0.4) is 0 Å². The molecule has 0 radical (unpaired) electrons. The van der Waals surface area contributed by atoms with Gasteiger partial charge in [-0.15, -0.1) is 0 Å². The highest BCUT2D eigenvalue weighted by Crippen LogP contribution is 2.25. The van der Waals surface area contributed by atoms with Crippen molar-refractivity contribution in [1.29, 1.82) is 0 Å². The largest absolute Gasteiger partial charge is 0.387 e. The summed E-state index contributed by atoms with van der Waals surface area (Å²) in [4.78, 5) is 8.23. The van der Waals surface area contributed by atoms with Crippen LogP contribution in [0.2, 0.25) is 0 Å². The molecule has 1 aliphatic carbocycles. The first kappa shape index (κ1) is 6.73. The molecule has 0 amide bonds. The first-order valence-corrected chi connectivity index (χ1v) is 3.86. The fourth-order valence-electron chi connectivity index (χ4n) is 1.45. The monoisotopic (exact) mass is 150 g/mol. The molecule has 0 fully saturated rings. The van der Waals surface area contributed by atoms with Gasteiger partial charge in [0.2, 0.25) is 0 Å². The summed E-state index contributed by atoms with van der Waals surface area (Å²) in [6.07, 6.45) is 5.73. The fraction of sp³-hybridized carbons (Fsp3) is 0.500. The molecule has 1 N–H and O–H groups in total. The lowest BCUT2D eigenvalue weighted by atomic mass is 9.98. The van der Waals surface area contributed by atoms with Crippen LogP contribution in [0, 0.1) is 0 Å². The van der Waals surface area contributed by atoms with Crippen LogP contribution in [-0.2, 0) is 6.42 Å². The Morgan fingerprint density at radius 1 is 1.36 bits per heavy atom. The van der Waals surface area contributed by atoms with Crippen molar-refractivity contribution in [3.05, 3.63) is 23.8 Å². The molecule has 0 aromatic carbocycles. The van der Waals surface area contributed by atoms with E-state index < -0.39 is 0 Å². The maximum atomic E-state index is 9.46. The molecule has 11 heavy (non-hydrogen) atoms. The molecule has 1 atom stereocenters. The van der Waals surface area contributed by atoms with Gasteiger partial charge in [-0.3, -0.25) is 9.97 Å². The summed E-state index contributed by atoms with van der Waals surface area (Å²) < 4.78 is 0. The second-order valence-electron chi connectivity index (χ2n) is 2.80. The van der Waals surface area contributed by atoms with Gasteiger partial charge in [0.05, 0.1) is 17.5 Å². The summed E-state index contributed by atoms with van der Waals surface area (Å²) in [6, 6.07) is 0. The molecule has 3 heteroatoms. The van der Waals surface area contributed by atoms with Gasteiger partial charge < -0.3 is 5.11 Å². The summed E-state index contributed by atoms with van der Waals surface area (Å²) in [5.41, 5.74) is 1.74. The summed E-state index contributed by atoms with van der Waals surface area (Å²) >= 11 is 0. The second-order valence-corrected chi connectivity index (χ2v) is 2.80. The van der Waals surface area contributed by atoms with Gasteiger partial charge >= 0.3 is 0 Å². The van der Waals surface area contributed by atoms with Crippen molar-refractivity contribution >= 4 is 0 Å². The molecule has 1 unspecified atom stereocenters. The fourth-order valence-corrected chi connectivity index (χ4v) is 1.45. The predicted molar refractivity (Wildman–Crippen MR) is 39.9 cm³/mol. The average molecular weight is 150 g/mol. The number of hydrogen-bond acceptors (Lipinski definition) is 3. The van der Waals surface area contributed by atoms with Crippen LogP contribution in [0.1, 0.15) is 30.3 Å². The Balaban J connectivity index is 2.44. The molecule has 58 valence electrons. The first-order chi connectivity index (χ1) is 5.38. The highest BCUT2D eigenvalue weighted by Gasteiger charge is 2.19. The summed E-state index contributed by atoms with van der Waals surface area (Å²) in [5, 5.41) is 9.46. The maximum absolute atomic E-state index is 9.46. The minimum atomic E-state index is -0.382. The number of nitrogens with zero attached hydrogens (tertiary/aromatic N) is 2. The molecule has 1 aromatic heterocycles. The molecule has 0 spiro atoms. The Kier molecular flexibility index (Phi) is 1.58. The van der Waals surface area contributed by atoms with E-state index in [0.29, 0.717) is 0 Å². The quantitative estimate of drug-likeness (QED) is 0.596. The Morgan fingerprint density at radius 3 is 3.00 bits per heavy atom. The minimum absolute atomic E-state index is 0.382. The molecule has 3 nitrogen and oxygen atoms in total. The van der Waals surface area contributed by atoms with Crippen molar-refractivity contribution in [2.24, 2.45) is 0 Å². The standard InChI is InChI=1S/C8H10N2O/c11-7-3-1-2-6-8(7)10-5-4-9-6/h4-5,7,11H,1-3H2. The van der Waals surface area contributed by atoms with E-state index in [2.05, 4.69) is 9.97 Å². The van der Waals surface area contributed by atoms with Crippen molar-refractivity contribution in [2.75, 3.05) is 0 Å². The molecule has 0 aliphatic heterocycles. The van der Waals surface area contributed by atoms with Crippen molar-refractivity contribution < 1.29 is 5.11 Å². The molecule has 0 saturated heterocycles. The van der Waals surface area contributed by atoms with Gasteiger partial charge in [-0.2, -0.15) is 0 Å². The van der Waals surface area contributed by atoms with Crippen LogP contribution < -0.4 is 0 Å². The topological polar surface area (TPSA) is 46.0 Å². The molecule has 2 rings (SSSR count). The molecule has 1 aromatic rings. The van der Waals surface area contributed by atoms with Crippen LogP contribution >= 0.6 is 0 Å². The minimum Gasteiger partial charge on any atom is -0.387 e.